The second-order valence-electron chi connectivity index (χ2n) is 6.22. The van der Waals surface area contributed by atoms with Gasteiger partial charge in [0.2, 0.25) is 0 Å². The van der Waals surface area contributed by atoms with Crippen LogP contribution < -0.4 is 0 Å². The van der Waals surface area contributed by atoms with E-state index in [1.165, 1.54) is 0 Å². The molecule has 0 atom stereocenters. The summed E-state index contributed by atoms with van der Waals surface area (Å²) in [4.78, 5) is 21.4. The number of rotatable bonds is 6. The average molecular weight is 304 g/mol. The van der Waals surface area contributed by atoms with Crippen LogP contribution in [-0.4, -0.2) is 44.5 Å². The Morgan fingerprint density at radius 2 is 1.90 bits per heavy atom. The summed E-state index contributed by atoms with van der Waals surface area (Å²) in [7, 11) is 0. The molecule has 0 aromatic heterocycles. The van der Waals surface area contributed by atoms with Crippen LogP contribution in [0.5, 0.6) is 0 Å². The summed E-state index contributed by atoms with van der Waals surface area (Å²) in [6, 6.07) is 0. The molecular formula is C13H26N3O5+. The summed E-state index contributed by atoms with van der Waals surface area (Å²) in [5.41, 5.74) is -0.300. The largest absolute Gasteiger partial charge is 0.481 e. The fourth-order valence-electron chi connectivity index (χ4n) is 2.48. The average Bonchev–Trinajstić information content (AvgIpc) is 2.42. The van der Waals surface area contributed by atoms with Gasteiger partial charge in [0.15, 0.2) is 0 Å². The lowest BCUT2D eigenvalue weighted by molar-refractivity contribution is -1.01. The van der Waals surface area contributed by atoms with E-state index in [2.05, 4.69) is 10.3 Å². The van der Waals surface area contributed by atoms with E-state index in [9.17, 15) is 4.79 Å². The highest BCUT2D eigenvalue weighted by atomic mass is 17.2. The molecule has 1 saturated carbocycles. The van der Waals surface area contributed by atoms with Crippen LogP contribution in [0.4, 0.5) is 0 Å². The minimum absolute atomic E-state index is 0.156. The SMILES string of the molecule is CCN(/[N+](=N/OC1CCC(C(=O)O)CC1)OO)C(C)(C)C. The highest BCUT2D eigenvalue weighted by Crippen LogP contribution is 2.26. The molecule has 0 radical (unpaired) electrons. The molecule has 122 valence electrons. The van der Waals surface area contributed by atoms with Gasteiger partial charge in [-0.1, -0.05) is 0 Å². The number of aliphatic carboxylic acids is 1. The first-order chi connectivity index (χ1) is 9.79. The molecule has 0 unspecified atom stereocenters. The van der Waals surface area contributed by atoms with Crippen molar-refractivity contribution in [2.45, 2.75) is 65.0 Å². The third-order valence-electron chi connectivity index (χ3n) is 3.64. The molecule has 0 aromatic carbocycles. The van der Waals surface area contributed by atoms with Crippen molar-refractivity contribution in [1.82, 2.24) is 5.01 Å². The van der Waals surface area contributed by atoms with Gasteiger partial charge in [0.05, 0.1) is 18.0 Å². The Morgan fingerprint density at radius 3 is 2.29 bits per heavy atom. The first kappa shape index (κ1) is 17.5. The van der Waals surface area contributed by atoms with E-state index in [0.29, 0.717) is 32.2 Å². The standard InChI is InChI=1S/C13H25N3O5/c1-5-15(13(2,3)4)16(21-19)14-20-11-8-6-10(7-9-11)12(17)18/h10-11H,5-9H2,1-4H3,(H-,17,18,19)/p+1/b16-14-. The van der Waals surface area contributed by atoms with E-state index in [1.54, 1.807) is 5.01 Å². The van der Waals surface area contributed by atoms with Crippen LogP contribution in [0.3, 0.4) is 0 Å². The quantitative estimate of drug-likeness (QED) is 0.339. The summed E-state index contributed by atoms with van der Waals surface area (Å²) in [5, 5.41) is 23.4. The molecule has 0 spiro atoms. The van der Waals surface area contributed by atoms with Crippen LogP contribution in [0.2, 0.25) is 0 Å². The molecule has 8 heteroatoms. The summed E-state index contributed by atoms with van der Waals surface area (Å²) < 4.78 is 0. The molecule has 0 saturated heterocycles. The van der Waals surface area contributed by atoms with Gasteiger partial charge in [-0.2, -0.15) is 0 Å². The minimum Gasteiger partial charge on any atom is -0.481 e. The monoisotopic (exact) mass is 304 g/mol. The second kappa shape index (κ2) is 7.44. The highest BCUT2D eigenvalue weighted by Gasteiger charge is 2.35. The van der Waals surface area contributed by atoms with Crippen molar-refractivity contribution in [3.05, 3.63) is 0 Å². The fraction of sp³-hybridized carbons (Fsp3) is 0.923. The molecular weight excluding hydrogens is 278 g/mol. The molecule has 2 N–H and O–H groups in total. The molecule has 1 aliphatic carbocycles. The molecule has 1 aliphatic rings. The lowest BCUT2D eigenvalue weighted by Crippen LogP contribution is -2.47. The van der Waals surface area contributed by atoms with Crippen LogP contribution in [0.25, 0.3) is 0 Å². The zero-order chi connectivity index (χ0) is 16.0. The van der Waals surface area contributed by atoms with Crippen molar-refractivity contribution in [1.29, 1.82) is 0 Å². The number of nitrogens with zero attached hydrogens (tertiary/aromatic N) is 3. The Hall–Kier alpha value is -1.57. The van der Waals surface area contributed by atoms with Crippen LogP contribution in [-0.2, 0) is 14.6 Å². The number of carboxylic acid groups (broad SMARTS) is 1. The molecule has 0 amide bonds. The van der Waals surface area contributed by atoms with Gasteiger partial charge in [0, 0.05) is 0 Å². The lowest BCUT2D eigenvalue weighted by atomic mass is 9.88. The molecule has 0 aromatic rings. The minimum atomic E-state index is -0.754. The number of hydrogen-bond acceptors (Lipinski definition) is 5. The van der Waals surface area contributed by atoms with Crippen molar-refractivity contribution in [3.8, 4) is 0 Å². The molecule has 1 fully saturated rings. The third kappa shape index (κ3) is 5.04. The number of carbonyl (C=O) groups is 1. The van der Waals surface area contributed by atoms with E-state index in [0.717, 1.165) is 4.97 Å². The van der Waals surface area contributed by atoms with Gasteiger partial charge in [-0.3, -0.25) is 4.79 Å². The Balaban J connectivity index is 2.59. The first-order valence-corrected chi connectivity index (χ1v) is 7.28. The highest BCUT2D eigenvalue weighted by molar-refractivity contribution is 5.69. The number of hydrogen-bond donors (Lipinski definition) is 2. The van der Waals surface area contributed by atoms with Crippen molar-refractivity contribution in [3.63, 3.8) is 0 Å². The maximum atomic E-state index is 10.9. The normalized spacial score (nSPS) is 23.6. The predicted octanol–water partition coefficient (Wildman–Crippen LogP) is 2.47. The van der Waals surface area contributed by atoms with Gasteiger partial charge in [-0.25, -0.2) is 0 Å². The van der Waals surface area contributed by atoms with Crippen LogP contribution >= 0.6 is 0 Å². The maximum absolute atomic E-state index is 10.9. The Kier molecular flexibility index (Phi) is 6.19. The van der Waals surface area contributed by atoms with Crippen molar-refractivity contribution in [2.75, 3.05) is 6.54 Å². The maximum Gasteiger partial charge on any atom is 0.306 e. The Bertz CT molecular complexity index is 372. The summed E-state index contributed by atoms with van der Waals surface area (Å²) in [6.07, 6.45) is 2.25. The zero-order valence-electron chi connectivity index (χ0n) is 13.2. The van der Waals surface area contributed by atoms with Crippen molar-refractivity contribution in [2.24, 2.45) is 11.2 Å². The van der Waals surface area contributed by atoms with Gasteiger partial charge < -0.3 is 9.94 Å². The zero-order valence-corrected chi connectivity index (χ0v) is 13.2. The van der Waals surface area contributed by atoms with Crippen molar-refractivity contribution < 1.29 is 30.0 Å². The van der Waals surface area contributed by atoms with Gasteiger partial charge in [-0.15, -0.1) is 10.3 Å². The smallest absolute Gasteiger partial charge is 0.306 e. The fourth-order valence-corrected chi connectivity index (χ4v) is 2.48. The van der Waals surface area contributed by atoms with Crippen LogP contribution in [0.15, 0.2) is 5.28 Å². The summed E-state index contributed by atoms with van der Waals surface area (Å²) in [5.74, 6) is -1.05. The predicted molar refractivity (Wildman–Crippen MR) is 73.0 cm³/mol. The van der Waals surface area contributed by atoms with Crippen LogP contribution in [0, 0.1) is 5.92 Å². The summed E-state index contributed by atoms with van der Waals surface area (Å²) >= 11 is 0. The Morgan fingerprint density at radius 1 is 1.33 bits per heavy atom. The Labute approximate surface area is 124 Å². The van der Waals surface area contributed by atoms with E-state index in [-0.39, 0.29) is 17.6 Å². The topological polar surface area (TPSA) is 94.6 Å². The molecule has 0 heterocycles. The molecule has 0 aliphatic heterocycles. The number of carboxylic acids is 1. The third-order valence-corrected chi connectivity index (χ3v) is 3.64. The van der Waals surface area contributed by atoms with E-state index in [1.807, 2.05) is 27.7 Å². The van der Waals surface area contributed by atoms with Gasteiger partial charge >= 0.3 is 5.97 Å². The van der Waals surface area contributed by atoms with E-state index in [4.69, 9.17) is 15.2 Å². The number of hydrazine groups is 1. The first-order valence-electron chi connectivity index (χ1n) is 7.28. The molecule has 1 rings (SSSR count). The molecule has 8 nitrogen and oxygen atoms in total. The van der Waals surface area contributed by atoms with E-state index < -0.39 is 5.97 Å². The van der Waals surface area contributed by atoms with Crippen LogP contribution in [0.1, 0.15) is 53.4 Å². The van der Waals surface area contributed by atoms with Crippen molar-refractivity contribution >= 4 is 5.97 Å². The summed E-state index contributed by atoms with van der Waals surface area (Å²) in [6.45, 7) is 8.34. The molecule has 0 bridgehead atoms. The second-order valence-corrected chi connectivity index (χ2v) is 6.22. The van der Waals surface area contributed by atoms with Gasteiger partial charge in [-0.05, 0) is 58.4 Å². The molecule has 21 heavy (non-hydrogen) atoms. The lowest BCUT2D eigenvalue weighted by Gasteiger charge is -2.26. The van der Waals surface area contributed by atoms with Gasteiger partial charge in [0.1, 0.15) is 6.10 Å². The van der Waals surface area contributed by atoms with E-state index >= 15 is 0 Å². The van der Waals surface area contributed by atoms with Gasteiger partial charge in [0.25, 0.3) is 10.2 Å².